The van der Waals surface area contributed by atoms with E-state index in [1.165, 1.54) is 13.8 Å². The van der Waals surface area contributed by atoms with E-state index in [0.717, 1.165) is 0 Å². The summed E-state index contributed by atoms with van der Waals surface area (Å²) in [6.45, 7) is 4.23. The molecule has 2 bridgehead atoms. The van der Waals surface area contributed by atoms with E-state index in [4.69, 9.17) is 18.4 Å². The molecule has 2 fully saturated rings. The topological polar surface area (TPSA) is 111 Å². The van der Waals surface area contributed by atoms with Gasteiger partial charge in [0.2, 0.25) is 0 Å². The first-order valence-corrected chi connectivity index (χ1v) is 7.94. The second-order valence-corrected chi connectivity index (χ2v) is 6.40. The lowest BCUT2D eigenvalue weighted by molar-refractivity contribution is -0.163. The molecule has 0 aliphatic carbocycles. The van der Waals surface area contributed by atoms with Gasteiger partial charge in [0, 0.05) is 19.8 Å². The maximum absolute atomic E-state index is 11.1. The minimum absolute atomic E-state index is 0.0106. The van der Waals surface area contributed by atoms with Crippen LogP contribution in [-0.4, -0.2) is 51.2 Å². The van der Waals surface area contributed by atoms with Gasteiger partial charge in [0.25, 0.3) is 0 Å². The van der Waals surface area contributed by atoms with Gasteiger partial charge in [-0.1, -0.05) is 6.92 Å². The second-order valence-electron chi connectivity index (χ2n) is 5.80. The van der Waals surface area contributed by atoms with Crippen molar-refractivity contribution < 1.29 is 36.7 Å². The smallest absolute Gasteiger partial charge is 0.302 e. The Morgan fingerprint density at radius 3 is 2.18 bits per heavy atom. The van der Waals surface area contributed by atoms with Crippen molar-refractivity contribution in [3.8, 4) is 0 Å². The van der Waals surface area contributed by atoms with Crippen molar-refractivity contribution in [2.45, 2.75) is 50.9 Å². The summed E-state index contributed by atoms with van der Waals surface area (Å²) in [7, 11) is 0. The molecule has 126 valence electrons. The summed E-state index contributed by atoms with van der Waals surface area (Å²) < 4.78 is 43.0. The fourth-order valence-electron chi connectivity index (χ4n) is 3.30. The van der Waals surface area contributed by atoms with Crippen LogP contribution in [0.5, 0.6) is 0 Å². The standard InChI is InChI=1S/C13H20O8S/c1-8-11(20-22(16)17)13(7-19-10(3)15)5-4-12(8,21-13)6-18-9(2)14/h8,11H,4-7H2,1-3H3,(H,16,17)/p-1. The third-order valence-electron chi connectivity index (χ3n) is 4.40. The lowest BCUT2D eigenvalue weighted by Crippen LogP contribution is -2.49. The zero-order valence-electron chi connectivity index (χ0n) is 12.7. The zero-order chi connectivity index (χ0) is 16.5. The average Bonchev–Trinajstić information content (AvgIpc) is 2.89. The Balaban J connectivity index is 2.22. The zero-order valence-corrected chi connectivity index (χ0v) is 13.5. The third-order valence-corrected chi connectivity index (χ3v) is 4.77. The Hall–Kier alpha value is -1.03. The van der Waals surface area contributed by atoms with E-state index in [0.29, 0.717) is 12.8 Å². The predicted molar refractivity (Wildman–Crippen MR) is 72.0 cm³/mol. The van der Waals surface area contributed by atoms with Gasteiger partial charge in [-0.25, -0.2) is 4.21 Å². The van der Waals surface area contributed by atoms with Crippen LogP contribution in [0.15, 0.2) is 0 Å². The highest BCUT2D eigenvalue weighted by atomic mass is 32.2. The van der Waals surface area contributed by atoms with Gasteiger partial charge in [0.1, 0.15) is 30.5 Å². The molecule has 5 atom stereocenters. The first-order chi connectivity index (χ1) is 10.2. The molecule has 0 saturated carbocycles. The van der Waals surface area contributed by atoms with Crippen molar-refractivity contribution >= 4 is 23.3 Å². The Morgan fingerprint density at radius 2 is 1.68 bits per heavy atom. The summed E-state index contributed by atoms with van der Waals surface area (Å²) in [6.07, 6.45) is 0.219. The molecule has 2 aliphatic rings. The van der Waals surface area contributed by atoms with Gasteiger partial charge in [-0.15, -0.1) is 0 Å². The normalized spacial score (nSPS) is 37.8. The van der Waals surface area contributed by atoms with E-state index in [1.807, 2.05) is 0 Å². The van der Waals surface area contributed by atoms with Crippen molar-refractivity contribution in [3.05, 3.63) is 0 Å². The van der Waals surface area contributed by atoms with Gasteiger partial charge in [-0.3, -0.25) is 13.8 Å². The van der Waals surface area contributed by atoms with Crippen LogP contribution in [0.25, 0.3) is 0 Å². The van der Waals surface area contributed by atoms with Crippen molar-refractivity contribution in [2.75, 3.05) is 13.2 Å². The summed E-state index contributed by atoms with van der Waals surface area (Å²) in [4.78, 5) is 22.1. The molecule has 2 saturated heterocycles. The summed E-state index contributed by atoms with van der Waals surface area (Å²) >= 11 is -2.73. The van der Waals surface area contributed by atoms with Crippen LogP contribution >= 0.6 is 0 Å². The van der Waals surface area contributed by atoms with Crippen molar-refractivity contribution in [1.29, 1.82) is 0 Å². The number of carbonyl (C=O) groups excluding carboxylic acids is 2. The number of ether oxygens (including phenoxy) is 3. The number of fused-ring (bicyclic) bond motifs is 2. The molecule has 0 aromatic rings. The highest BCUT2D eigenvalue weighted by Crippen LogP contribution is 2.55. The SMILES string of the molecule is CC(=O)OCC12CCC(COC(C)=O)(O1)C(OS(=O)[O-])C2C. The summed E-state index contributed by atoms with van der Waals surface area (Å²) in [5.41, 5.74) is -1.86. The summed E-state index contributed by atoms with van der Waals surface area (Å²) in [5.74, 6) is -1.27. The molecule has 0 amide bonds. The molecule has 2 rings (SSSR count). The van der Waals surface area contributed by atoms with Gasteiger partial charge < -0.3 is 18.8 Å². The molecule has 0 spiro atoms. The number of esters is 2. The highest BCUT2D eigenvalue weighted by molar-refractivity contribution is 7.74. The van der Waals surface area contributed by atoms with Crippen LogP contribution in [-0.2, 0) is 39.3 Å². The van der Waals surface area contributed by atoms with E-state index in [-0.39, 0.29) is 19.1 Å². The van der Waals surface area contributed by atoms with Crippen LogP contribution < -0.4 is 0 Å². The molecule has 5 unspecified atom stereocenters. The van der Waals surface area contributed by atoms with E-state index in [1.54, 1.807) is 6.92 Å². The van der Waals surface area contributed by atoms with E-state index in [2.05, 4.69) is 0 Å². The number of carbonyl (C=O) groups is 2. The van der Waals surface area contributed by atoms with E-state index in [9.17, 15) is 18.4 Å². The fraction of sp³-hybridized carbons (Fsp3) is 0.846. The Bertz CT molecular complexity index is 494. The molecule has 2 heterocycles. The highest BCUT2D eigenvalue weighted by Gasteiger charge is 2.67. The summed E-state index contributed by atoms with van der Waals surface area (Å²) in [6, 6.07) is 0. The molecule has 8 nitrogen and oxygen atoms in total. The number of rotatable bonds is 6. The minimum Gasteiger partial charge on any atom is -0.750 e. The monoisotopic (exact) mass is 335 g/mol. The first-order valence-electron chi connectivity index (χ1n) is 6.94. The van der Waals surface area contributed by atoms with Crippen LogP contribution in [0.4, 0.5) is 0 Å². The molecule has 0 radical (unpaired) electrons. The van der Waals surface area contributed by atoms with Crippen LogP contribution in [0.2, 0.25) is 0 Å². The number of hydrogen-bond acceptors (Lipinski definition) is 8. The molecule has 0 aromatic heterocycles. The first kappa shape index (κ1) is 17.3. The molecule has 22 heavy (non-hydrogen) atoms. The molecular weight excluding hydrogens is 316 g/mol. The Labute approximate surface area is 130 Å². The van der Waals surface area contributed by atoms with Crippen molar-refractivity contribution in [2.24, 2.45) is 5.92 Å². The largest absolute Gasteiger partial charge is 0.750 e. The van der Waals surface area contributed by atoms with Gasteiger partial charge in [0.05, 0.1) is 11.4 Å². The van der Waals surface area contributed by atoms with Crippen molar-refractivity contribution in [3.63, 3.8) is 0 Å². The van der Waals surface area contributed by atoms with Crippen LogP contribution in [0.3, 0.4) is 0 Å². The summed E-state index contributed by atoms with van der Waals surface area (Å²) in [5, 5.41) is 0. The third kappa shape index (κ3) is 3.17. The molecular formula is C13H19O8S-. The quantitative estimate of drug-likeness (QED) is 0.501. The minimum atomic E-state index is -2.73. The second kappa shape index (κ2) is 6.23. The Morgan fingerprint density at radius 1 is 1.18 bits per heavy atom. The van der Waals surface area contributed by atoms with Crippen LogP contribution in [0.1, 0.15) is 33.6 Å². The van der Waals surface area contributed by atoms with Gasteiger partial charge in [0.15, 0.2) is 0 Å². The van der Waals surface area contributed by atoms with E-state index < -0.39 is 40.6 Å². The van der Waals surface area contributed by atoms with Gasteiger partial charge in [-0.2, -0.15) is 0 Å². The molecule has 0 N–H and O–H groups in total. The maximum Gasteiger partial charge on any atom is 0.302 e. The number of hydrogen-bond donors (Lipinski definition) is 0. The lowest BCUT2D eigenvalue weighted by Gasteiger charge is -2.36. The molecule has 9 heteroatoms. The lowest BCUT2D eigenvalue weighted by atomic mass is 9.73. The molecule has 0 aromatic carbocycles. The predicted octanol–water partition coefficient (Wildman–Crippen LogP) is 0.230. The van der Waals surface area contributed by atoms with E-state index >= 15 is 0 Å². The van der Waals surface area contributed by atoms with Gasteiger partial charge in [-0.05, 0) is 12.8 Å². The maximum atomic E-state index is 11.1. The fourth-order valence-corrected chi connectivity index (χ4v) is 3.81. The molecule has 2 aliphatic heterocycles. The van der Waals surface area contributed by atoms with Gasteiger partial charge >= 0.3 is 11.9 Å². The Kier molecular flexibility index (Phi) is 4.90. The van der Waals surface area contributed by atoms with Crippen LogP contribution in [0, 0.1) is 5.92 Å². The van der Waals surface area contributed by atoms with Crippen molar-refractivity contribution in [1.82, 2.24) is 0 Å². The average molecular weight is 335 g/mol.